The molecule has 104 valence electrons. The smallest absolute Gasteiger partial charge is 0.336 e. The second-order valence-corrected chi connectivity index (χ2v) is 5.88. The molecule has 0 atom stereocenters. The summed E-state index contributed by atoms with van der Waals surface area (Å²) in [5, 5.41) is 9.09. The average Bonchev–Trinajstić information content (AvgIpc) is 2.40. The van der Waals surface area contributed by atoms with Crippen molar-refractivity contribution in [3.63, 3.8) is 0 Å². The summed E-state index contributed by atoms with van der Waals surface area (Å²) in [4.78, 5) is 11.6. The second-order valence-electron chi connectivity index (χ2n) is 3.95. The summed E-state index contributed by atoms with van der Waals surface area (Å²) in [6.45, 7) is 0. The molecule has 0 aliphatic heterocycles. The molecule has 0 bridgehead atoms. The summed E-state index contributed by atoms with van der Waals surface area (Å²) in [7, 11) is 0. The van der Waals surface area contributed by atoms with Crippen molar-refractivity contribution in [1.82, 2.24) is 0 Å². The van der Waals surface area contributed by atoms with Gasteiger partial charge in [0.1, 0.15) is 0 Å². The first-order valence-corrected chi connectivity index (χ1v) is 7.35. The van der Waals surface area contributed by atoms with Gasteiger partial charge in [0.05, 0.1) is 5.56 Å². The minimum absolute atomic E-state index is 0.134. The molecule has 0 saturated carbocycles. The second kappa shape index (κ2) is 6.37. The van der Waals surface area contributed by atoms with E-state index in [2.05, 4.69) is 15.9 Å². The number of thioether (sulfide) groups is 1. The van der Waals surface area contributed by atoms with Gasteiger partial charge in [-0.15, -0.1) is 11.8 Å². The van der Waals surface area contributed by atoms with Crippen LogP contribution in [0.4, 0.5) is 8.78 Å². The number of aromatic carboxylic acids is 1. The van der Waals surface area contributed by atoms with Gasteiger partial charge in [0.25, 0.3) is 0 Å². The molecule has 2 nitrogen and oxygen atoms in total. The normalized spacial score (nSPS) is 10.6. The molecule has 2 aromatic carbocycles. The number of carboxylic acids is 1. The molecule has 1 N–H and O–H groups in total. The standard InChI is InChI=1S/C14H9BrF2O2S/c15-9-4-5-10(14(18)19)12(6-9)20-7-8-2-1-3-11(16)13(8)17/h1-6H,7H2,(H,18,19). The lowest BCUT2D eigenvalue weighted by Gasteiger charge is -2.07. The summed E-state index contributed by atoms with van der Waals surface area (Å²) in [6, 6.07) is 8.68. The van der Waals surface area contributed by atoms with E-state index in [4.69, 9.17) is 5.11 Å². The van der Waals surface area contributed by atoms with Crippen molar-refractivity contribution in [2.45, 2.75) is 10.6 Å². The highest BCUT2D eigenvalue weighted by molar-refractivity contribution is 9.10. The van der Waals surface area contributed by atoms with E-state index in [0.29, 0.717) is 4.90 Å². The van der Waals surface area contributed by atoms with Crippen LogP contribution in [0.1, 0.15) is 15.9 Å². The molecule has 0 radical (unpaired) electrons. The molecule has 6 heteroatoms. The average molecular weight is 359 g/mol. The highest BCUT2D eigenvalue weighted by atomic mass is 79.9. The molecule has 0 heterocycles. The van der Waals surface area contributed by atoms with Crippen molar-refractivity contribution in [3.05, 3.63) is 63.6 Å². The van der Waals surface area contributed by atoms with Gasteiger partial charge in [-0.25, -0.2) is 13.6 Å². The molecule has 0 amide bonds. The van der Waals surface area contributed by atoms with Crippen LogP contribution in [0.5, 0.6) is 0 Å². The van der Waals surface area contributed by atoms with Crippen LogP contribution in [-0.4, -0.2) is 11.1 Å². The Balaban J connectivity index is 2.24. The van der Waals surface area contributed by atoms with Gasteiger partial charge < -0.3 is 5.11 Å². The zero-order chi connectivity index (χ0) is 14.7. The van der Waals surface area contributed by atoms with Crippen LogP contribution in [-0.2, 0) is 5.75 Å². The Morgan fingerprint density at radius 2 is 2.00 bits per heavy atom. The van der Waals surface area contributed by atoms with E-state index in [1.807, 2.05) is 0 Å². The van der Waals surface area contributed by atoms with Crippen LogP contribution >= 0.6 is 27.7 Å². The van der Waals surface area contributed by atoms with Gasteiger partial charge in [0, 0.05) is 20.7 Å². The van der Waals surface area contributed by atoms with Crippen LogP contribution in [0.3, 0.4) is 0 Å². The third-order valence-corrected chi connectivity index (χ3v) is 4.19. The topological polar surface area (TPSA) is 37.3 Å². The number of benzene rings is 2. The summed E-state index contributed by atoms with van der Waals surface area (Å²) in [6.07, 6.45) is 0. The molecule has 0 aliphatic carbocycles. The van der Waals surface area contributed by atoms with Crippen molar-refractivity contribution in [3.8, 4) is 0 Å². The van der Waals surface area contributed by atoms with Crippen LogP contribution < -0.4 is 0 Å². The number of halogens is 3. The molecular formula is C14H9BrF2O2S. The third kappa shape index (κ3) is 3.37. The highest BCUT2D eigenvalue weighted by Gasteiger charge is 2.13. The Hall–Kier alpha value is -1.40. The van der Waals surface area contributed by atoms with Crippen LogP contribution in [0.25, 0.3) is 0 Å². The monoisotopic (exact) mass is 358 g/mol. The van der Waals surface area contributed by atoms with Gasteiger partial charge in [-0.2, -0.15) is 0 Å². The molecular weight excluding hydrogens is 350 g/mol. The number of hydrogen-bond acceptors (Lipinski definition) is 2. The molecule has 0 unspecified atom stereocenters. The largest absolute Gasteiger partial charge is 0.478 e. The predicted molar refractivity (Wildman–Crippen MR) is 77.0 cm³/mol. The first-order chi connectivity index (χ1) is 9.49. The molecule has 0 aromatic heterocycles. The van der Waals surface area contributed by atoms with E-state index < -0.39 is 17.6 Å². The molecule has 0 aliphatic rings. The lowest BCUT2D eigenvalue weighted by Crippen LogP contribution is -1.99. The first-order valence-electron chi connectivity index (χ1n) is 5.57. The maximum absolute atomic E-state index is 13.5. The van der Waals surface area contributed by atoms with Crippen LogP contribution in [0.15, 0.2) is 45.8 Å². The fourth-order valence-corrected chi connectivity index (χ4v) is 3.18. The quantitative estimate of drug-likeness (QED) is 0.803. The first kappa shape index (κ1) is 15.0. The van der Waals surface area contributed by atoms with E-state index in [1.165, 1.54) is 18.2 Å². The SMILES string of the molecule is O=C(O)c1ccc(Br)cc1SCc1cccc(F)c1F. The van der Waals surface area contributed by atoms with Crippen molar-refractivity contribution in [2.75, 3.05) is 0 Å². The van der Waals surface area contributed by atoms with Crippen molar-refractivity contribution in [1.29, 1.82) is 0 Å². The van der Waals surface area contributed by atoms with E-state index in [0.717, 1.165) is 22.3 Å². The summed E-state index contributed by atoms with van der Waals surface area (Å²) >= 11 is 4.41. The summed E-state index contributed by atoms with van der Waals surface area (Å²) < 4.78 is 27.3. The molecule has 20 heavy (non-hydrogen) atoms. The Morgan fingerprint density at radius 1 is 1.25 bits per heavy atom. The van der Waals surface area contributed by atoms with Gasteiger partial charge in [-0.1, -0.05) is 28.1 Å². The Bertz CT molecular complexity index is 662. The van der Waals surface area contributed by atoms with Crippen molar-refractivity contribution in [2.24, 2.45) is 0 Å². The Kier molecular flexibility index (Phi) is 4.77. The zero-order valence-electron chi connectivity index (χ0n) is 10.1. The van der Waals surface area contributed by atoms with Gasteiger partial charge in [0.15, 0.2) is 11.6 Å². The minimum Gasteiger partial charge on any atom is -0.478 e. The fraction of sp³-hybridized carbons (Fsp3) is 0.0714. The van der Waals surface area contributed by atoms with Gasteiger partial charge in [-0.3, -0.25) is 0 Å². The maximum atomic E-state index is 13.5. The maximum Gasteiger partial charge on any atom is 0.336 e. The highest BCUT2D eigenvalue weighted by Crippen LogP contribution is 2.30. The zero-order valence-corrected chi connectivity index (χ0v) is 12.5. The van der Waals surface area contributed by atoms with Gasteiger partial charge in [0.2, 0.25) is 0 Å². The summed E-state index contributed by atoms with van der Waals surface area (Å²) in [5.41, 5.74) is 0.335. The van der Waals surface area contributed by atoms with Gasteiger partial charge >= 0.3 is 5.97 Å². The van der Waals surface area contributed by atoms with E-state index in [-0.39, 0.29) is 16.9 Å². The third-order valence-electron chi connectivity index (χ3n) is 2.59. The summed E-state index contributed by atoms with van der Waals surface area (Å²) in [5.74, 6) is -2.71. The number of carbonyl (C=O) groups is 1. The predicted octanol–water partition coefficient (Wildman–Crippen LogP) is 4.72. The van der Waals surface area contributed by atoms with E-state index >= 15 is 0 Å². The molecule has 0 fully saturated rings. The minimum atomic E-state index is -1.06. The molecule has 0 saturated heterocycles. The van der Waals surface area contributed by atoms with Crippen LogP contribution in [0.2, 0.25) is 0 Å². The lowest BCUT2D eigenvalue weighted by molar-refractivity contribution is 0.0693. The molecule has 0 spiro atoms. The van der Waals surface area contributed by atoms with Crippen LogP contribution in [0, 0.1) is 11.6 Å². The molecule has 2 rings (SSSR count). The van der Waals surface area contributed by atoms with Crippen molar-refractivity contribution < 1.29 is 18.7 Å². The van der Waals surface area contributed by atoms with E-state index in [9.17, 15) is 13.6 Å². The number of hydrogen-bond donors (Lipinski definition) is 1. The number of rotatable bonds is 4. The van der Waals surface area contributed by atoms with E-state index in [1.54, 1.807) is 12.1 Å². The lowest BCUT2D eigenvalue weighted by atomic mass is 10.2. The Morgan fingerprint density at radius 3 is 2.70 bits per heavy atom. The number of carboxylic acid groups (broad SMARTS) is 1. The van der Waals surface area contributed by atoms with Crippen molar-refractivity contribution >= 4 is 33.7 Å². The van der Waals surface area contributed by atoms with Gasteiger partial charge in [-0.05, 0) is 24.3 Å². The Labute approximate surface area is 126 Å². The fourth-order valence-electron chi connectivity index (χ4n) is 1.61. The molecule has 2 aromatic rings.